The SMILES string of the molecule is COC(=O)c1ccc(S(=O)(=O)NCC(C)(C)C)c(N)c1. The summed E-state index contributed by atoms with van der Waals surface area (Å²) in [7, 11) is -2.46. The number of hydrogen-bond donors (Lipinski definition) is 2. The lowest BCUT2D eigenvalue weighted by Crippen LogP contribution is -2.32. The van der Waals surface area contributed by atoms with Crippen LogP contribution in [0, 0.1) is 5.41 Å². The van der Waals surface area contributed by atoms with E-state index in [1.165, 1.54) is 25.3 Å². The third-order valence-corrected chi connectivity index (χ3v) is 3.99. The van der Waals surface area contributed by atoms with Crippen LogP contribution in [0.15, 0.2) is 23.1 Å². The van der Waals surface area contributed by atoms with Crippen LogP contribution in [0.25, 0.3) is 0 Å². The van der Waals surface area contributed by atoms with E-state index < -0.39 is 16.0 Å². The maximum atomic E-state index is 12.1. The Labute approximate surface area is 119 Å². The first kappa shape index (κ1) is 16.5. The van der Waals surface area contributed by atoms with E-state index in [1.54, 1.807) is 0 Å². The minimum Gasteiger partial charge on any atom is -0.465 e. The molecule has 0 aromatic heterocycles. The van der Waals surface area contributed by atoms with Crippen molar-refractivity contribution in [2.24, 2.45) is 5.41 Å². The maximum absolute atomic E-state index is 12.1. The Morgan fingerprint density at radius 3 is 2.40 bits per heavy atom. The molecule has 0 radical (unpaired) electrons. The molecular weight excluding hydrogens is 280 g/mol. The van der Waals surface area contributed by atoms with E-state index in [9.17, 15) is 13.2 Å². The van der Waals surface area contributed by atoms with Gasteiger partial charge < -0.3 is 10.5 Å². The highest BCUT2D eigenvalue weighted by molar-refractivity contribution is 7.89. The summed E-state index contributed by atoms with van der Waals surface area (Å²) >= 11 is 0. The molecule has 1 aromatic carbocycles. The van der Waals surface area contributed by atoms with Gasteiger partial charge in [-0.25, -0.2) is 17.9 Å². The van der Waals surface area contributed by atoms with Crippen molar-refractivity contribution in [1.29, 1.82) is 0 Å². The first-order chi connectivity index (χ1) is 9.07. The van der Waals surface area contributed by atoms with E-state index in [1.807, 2.05) is 20.8 Å². The highest BCUT2D eigenvalue weighted by atomic mass is 32.2. The topological polar surface area (TPSA) is 98.5 Å². The van der Waals surface area contributed by atoms with Crippen LogP contribution in [-0.2, 0) is 14.8 Å². The van der Waals surface area contributed by atoms with Crippen molar-refractivity contribution in [2.75, 3.05) is 19.4 Å². The van der Waals surface area contributed by atoms with Crippen LogP contribution in [0.3, 0.4) is 0 Å². The van der Waals surface area contributed by atoms with Crippen LogP contribution in [0.4, 0.5) is 5.69 Å². The van der Waals surface area contributed by atoms with Crippen LogP contribution in [0.5, 0.6) is 0 Å². The van der Waals surface area contributed by atoms with Crippen LogP contribution in [-0.4, -0.2) is 28.0 Å². The molecule has 1 aromatic rings. The first-order valence-electron chi connectivity index (χ1n) is 6.04. The average molecular weight is 300 g/mol. The van der Waals surface area contributed by atoms with Crippen molar-refractivity contribution < 1.29 is 17.9 Å². The fourth-order valence-electron chi connectivity index (χ4n) is 1.43. The van der Waals surface area contributed by atoms with Crippen LogP contribution in [0.2, 0.25) is 0 Å². The Hall–Kier alpha value is -1.60. The molecule has 0 heterocycles. The van der Waals surface area contributed by atoms with Gasteiger partial charge in [0.15, 0.2) is 0 Å². The molecule has 0 bridgehead atoms. The van der Waals surface area contributed by atoms with Gasteiger partial charge in [0.25, 0.3) is 0 Å². The number of methoxy groups -OCH3 is 1. The second-order valence-corrected chi connectivity index (χ2v) is 7.36. The lowest BCUT2D eigenvalue weighted by atomic mass is 9.98. The van der Waals surface area contributed by atoms with E-state index in [2.05, 4.69) is 9.46 Å². The molecule has 0 saturated carbocycles. The van der Waals surface area contributed by atoms with Crippen molar-refractivity contribution in [1.82, 2.24) is 4.72 Å². The lowest BCUT2D eigenvalue weighted by molar-refractivity contribution is 0.0600. The largest absolute Gasteiger partial charge is 0.465 e. The highest BCUT2D eigenvalue weighted by Crippen LogP contribution is 2.21. The van der Waals surface area contributed by atoms with Crippen molar-refractivity contribution in [3.63, 3.8) is 0 Å². The van der Waals surface area contributed by atoms with Crippen molar-refractivity contribution >= 4 is 21.7 Å². The molecule has 0 fully saturated rings. The van der Waals surface area contributed by atoms with Gasteiger partial charge in [-0.15, -0.1) is 0 Å². The molecule has 0 aliphatic carbocycles. The van der Waals surface area contributed by atoms with Gasteiger partial charge >= 0.3 is 5.97 Å². The summed E-state index contributed by atoms with van der Waals surface area (Å²) < 4.78 is 31.3. The number of sulfonamides is 1. The highest BCUT2D eigenvalue weighted by Gasteiger charge is 2.21. The molecule has 112 valence electrons. The number of nitrogen functional groups attached to an aromatic ring is 1. The predicted molar refractivity (Wildman–Crippen MR) is 76.8 cm³/mol. The minimum absolute atomic E-state index is 0.00862. The molecule has 0 unspecified atom stereocenters. The van der Waals surface area contributed by atoms with E-state index >= 15 is 0 Å². The Morgan fingerprint density at radius 1 is 1.35 bits per heavy atom. The number of carbonyl (C=O) groups is 1. The van der Waals surface area contributed by atoms with Crippen LogP contribution >= 0.6 is 0 Å². The van der Waals surface area contributed by atoms with Crippen molar-refractivity contribution in [3.8, 4) is 0 Å². The fraction of sp³-hybridized carbons (Fsp3) is 0.462. The van der Waals surface area contributed by atoms with Gasteiger partial charge in [-0.2, -0.15) is 0 Å². The molecule has 0 aliphatic heterocycles. The lowest BCUT2D eigenvalue weighted by Gasteiger charge is -2.19. The standard InChI is InChI=1S/C13H20N2O4S/c1-13(2,3)8-15-20(17,18)11-6-5-9(7-10(11)14)12(16)19-4/h5-7,15H,8,14H2,1-4H3. The maximum Gasteiger partial charge on any atom is 0.337 e. The molecular formula is C13H20N2O4S. The third kappa shape index (κ3) is 4.21. The van der Waals surface area contributed by atoms with Gasteiger partial charge in [0.05, 0.1) is 18.4 Å². The van der Waals surface area contributed by atoms with Crippen LogP contribution in [0.1, 0.15) is 31.1 Å². The van der Waals surface area contributed by atoms with E-state index in [0.29, 0.717) is 0 Å². The third-order valence-electron chi connectivity index (χ3n) is 2.51. The number of nitrogens with one attached hydrogen (secondary N) is 1. The van der Waals surface area contributed by atoms with Gasteiger partial charge in [0.2, 0.25) is 10.0 Å². The van der Waals surface area contributed by atoms with E-state index in [-0.39, 0.29) is 28.1 Å². The second-order valence-electron chi connectivity index (χ2n) is 5.63. The monoisotopic (exact) mass is 300 g/mol. The Bertz CT molecular complexity index is 603. The summed E-state index contributed by atoms with van der Waals surface area (Å²) in [6, 6.07) is 3.96. The molecule has 0 saturated heterocycles. The predicted octanol–water partition coefficient (Wildman–Crippen LogP) is 1.38. The molecule has 0 atom stereocenters. The number of benzene rings is 1. The van der Waals surface area contributed by atoms with Crippen molar-refractivity contribution in [3.05, 3.63) is 23.8 Å². The first-order valence-corrected chi connectivity index (χ1v) is 7.53. The number of rotatable bonds is 4. The van der Waals surface area contributed by atoms with E-state index in [4.69, 9.17) is 5.73 Å². The molecule has 3 N–H and O–H groups in total. The summed E-state index contributed by atoms with van der Waals surface area (Å²) in [5.41, 5.74) is 5.74. The van der Waals surface area contributed by atoms with Gasteiger partial charge in [0, 0.05) is 6.54 Å². The van der Waals surface area contributed by atoms with Crippen LogP contribution < -0.4 is 10.5 Å². The molecule has 1 rings (SSSR count). The summed E-state index contributed by atoms with van der Waals surface area (Å²) in [6.07, 6.45) is 0. The number of anilines is 1. The number of ether oxygens (including phenoxy) is 1. The quantitative estimate of drug-likeness (QED) is 0.646. The zero-order valence-corrected chi connectivity index (χ0v) is 12.9. The Kier molecular flexibility index (Phi) is 4.77. The Balaban J connectivity index is 3.05. The van der Waals surface area contributed by atoms with E-state index in [0.717, 1.165) is 0 Å². The fourth-order valence-corrected chi connectivity index (χ4v) is 2.82. The molecule has 0 spiro atoms. The summed E-state index contributed by atoms with van der Waals surface area (Å²) in [6.45, 7) is 6.03. The summed E-state index contributed by atoms with van der Waals surface area (Å²) in [5.74, 6) is -0.566. The summed E-state index contributed by atoms with van der Waals surface area (Å²) in [4.78, 5) is 11.3. The number of nitrogens with two attached hydrogens (primary N) is 1. The smallest absolute Gasteiger partial charge is 0.337 e. The Morgan fingerprint density at radius 2 is 1.95 bits per heavy atom. The van der Waals surface area contributed by atoms with Gasteiger partial charge in [-0.05, 0) is 23.6 Å². The second kappa shape index (κ2) is 5.80. The molecule has 20 heavy (non-hydrogen) atoms. The molecule has 0 amide bonds. The molecule has 7 heteroatoms. The molecule has 6 nitrogen and oxygen atoms in total. The molecule has 0 aliphatic rings. The number of hydrogen-bond acceptors (Lipinski definition) is 5. The van der Waals surface area contributed by atoms with Crippen molar-refractivity contribution in [2.45, 2.75) is 25.7 Å². The zero-order chi connectivity index (χ0) is 15.6. The van der Waals surface area contributed by atoms with Gasteiger partial charge in [0.1, 0.15) is 4.90 Å². The normalized spacial score (nSPS) is 12.2. The number of esters is 1. The minimum atomic E-state index is -3.70. The number of carbonyl (C=O) groups excluding carboxylic acids is 1. The zero-order valence-electron chi connectivity index (χ0n) is 12.1. The summed E-state index contributed by atoms with van der Waals surface area (Å²) in [5, 5.41) is 0. The average Bonchev–Trinajstić information content (AvgIpc) is 2.34. The van der Waals surface area contributed by atoms with Gasteiger partial charge in [-0.1, -0.05) is 20.8 Å². The van der Waals surface area contributed by atoms with Gasteiger partial charge in [-0.3, -0.25) is 0 Å².